The van der Waals surface area contributed by atoms with Crippen molar-refractivity contribution in [3.63, 3.8) is 0 Å². The number of likely N-dealkylation sites (tertiary alicyclic amines) is 1. The Kier molecular flexibility index (Phi) is 3.38. The molecular weight excluding hydrogens is 134 g/mol. The molecule has 0 spiro atoms. The Labute approximate surface area is 70.8 Å². The summed E-state index contributed by atoms with van der Waals surface area (Å²) in [5.41, 5.74) is 0. The normalized spacial score (nSPS) is 26.7. The summed E-state index contributed by atoms with van der Waals surface area (Å²) in [6.07, 6.45) is 2.80. The van der Waals surface area contributed by atoms with Gasteiger partial charge < -0.3 is 4.90 Å². The summed E-state index contributed by atoms with van der Waals surface area (Å²) in [6, 6.07) is 0. The van der Waals surface area contributed by atoms with Crippen molar-refractivity contribution in [1.82, 2.24) is 4.90 Å². The molecule has 0 aliphatic carbocycles. The molecule has 1 aliphatic rings. The molecule has 0 aromatic rings. The molecule has 1 fully saturated rings. The van der Waals surface area contributed by atoms with Gasteiger partial charge in [0.05, 0.1) is 0 Å². The molecule has 1 unspecified atom stereocenters. The summed E-state index contributed by atoms with van der Waals surface area (Å²) in [7, 11) is 0. The van der Waals surface area contributed by atoms with E-state index in [0.717, 1.165) is 11.8 Å². The van der Waals surface area contributed by atoms with E-state index in [4.69, 9.17) is 0 Å². The van der Waals surface area contributed by atoms with Crippen LogP contribution in [0, 0.1) is 11.8 Å². The van der Waals surface area contributed by atoms with Crippen LogP contribution in [0.5, 0.6) is 0 Å². The second kappa shape index (κ2) is 4.10. The van der Waals surface area contributed by atoms with Crippen molar-refractivity contribution in [2.24, 2.45) is 11.8 Å². The highest BCUT2D eigenvalue weighted by Gasteiger charge is 2.20. The zero-order valence-corrected chi connectivity index (χ0v) is 8.14. The summed E-state index contributed by atoms with van der Waals surface area (Å²) < 4.78 is 0. The van der Waals surface area contributed by atoms with Crippen molar-refractivity contribution < 1.29 is 0 Å². The maximum Gasteiger partial charge on any atom is 0.00101 e. The van der Waals surface area contributed by atoms with Crippen LogP contribution in [-0.4, -0.2) is 24.5 Å². The lowest BCUT2D eigenvalue weighted by molar-refractivity contribution is 0.286. The van der Waals surface area contributed by atoms with Crippen molar-refractivity contribution in [3.05, 3.63) is 0 Å². The van der Waals surface area contributed by atoms with Gasteiger partial charge >= 0.3 is 0 Å². The van der Waals surface area contributed by atoms with Crippen LogP contribution >= 0.6 is 0 Å². The van der Waals surface area contributed by atoms with E-state index in [1.807, 2.05) is 0 Å². The second-order valence-electron chi connectivity index (χ2n) is 4.22. The minimum absolute atomic E-state index is 0.839. The maximum absolute atomic E-state index is 2.61. The topological polar surface area (TPSA) is 3.24 Å². The van der Waals surface area contributed by atoms with Crippen LogP contribution in [0.3, 0.4) is 0 Å². The van der Waals surface area contributed by atoms with Crippen LogP contribution in [-0.2, 0) is 0 Å². The zero-order valence-electron chi connectivity index (χ0n) is 8.14. The molecule has 1 heteroatoms. The lowest BCUT2D eigenvalue weighted by Crippen LogP contribution is -2.25. The minimum atomic E-state index is 0.839. The summed E-state index contributed by atoms with van der Waals surface area (Å²) in [5.74, 6) is 1.83. The van der Waals surface area contributed by atoms with Crippen molar-refractivity contribution >= 4 is 0 Å². The monoisotopic (exact) mass is 155 g/mol. The molecule has 1 atom stereocenters. The minimum Gasteiger partial charge on any atom is -0.303 e. The standard InChI is InChI=1S/C10H21N/c1-4-10-5-6-11(8-10)7-9(2)3/h9-10H,4-8H2,1-3H3. The molecule has 66 valence electrons. The molecule has 1 saturated heterocycles. The Morgan fingerprint density at radius 3 is 2.64 bits per heavy atom. The van der Waals surface area contributed by atoms with Crippen LogP contribution in [0.2, 0.25) is 0 Å². The van der Waals surface area contributed by atoms with E-state index in [0.29, 0.717) is 0 Å². The molecule has 1 heterocycles. The van der Waals surface area contributed by atoms with E-state index in [-0.39, 0.29) is 0 Å². The molecular formula is C10H21N. The first-order valence-corrected chi connectivity index (χ1v) is 4.94. The number of hydrogen-bond donors (Lipinski definition) is 0. The van der Waals surface area contributed by atoms with Crippen LogP contribution in [0.15, 0.2) is 0 Å². The van der Waals surface area contributed by atoms with Gasteiger partial charge in [-0.05, 0) is 24.8 Å². The lowest BCUT2D eigenvalue weighted by Gasteiger charge is -2.17. The molecule has 0 bridgehead atoms. The van der Waals surface area contributed by atoms with Crippen LogP contribution in [0.4, 0.5) is 0 Å². The molecule has 0 aromatic heterocycles. The highest BCUT2D eigenvalue weighted by atomic mass is 15.1. The summed E-state index contributed by atoms with van der Waals surface area (Å²) in [5, 5.41) is 0. The van der Waals surface area contributed by atoms with Gasteiger partial charge in [-0.25, -0.2) is 0 Å². The number of rotatable bonds is 3. The van der Waals surface area contributed by atoms with Gasteiger partial charge in [-0.15, -0.1) is 0 Å². The molecule has 11 heavy (non-hydrogen) atoms. The first-order chi connectivity index (χ1) is 5.22. The van der Waals surface area contributed by atoms with Gasteiger partial charge in [0, 0.05) is 13.1 Å². The van der Waals surface area contributed by atoms with Crippen molar-refractivity contribution in [1.29, 1.82) is 0 Å². The van der Waals surface area contributed by atoms with E-state index in [2.05, 4.69) is 25.7 Å². The molecule has 0 amide bonds. The van der Waals surface area contributed by atoms with E-state index in [1.54, 1.807) is 0 Å². The first-order valence-electron chi connectivity index (χ1n) is 4.94. The third kappa shape index (κ3) is 2.82. The molecule has 0 N–H and O–H groups in total. The molecule has 0 saturated carbocycles. The maximum atomic E-state index is 2.61. The van der Waals surface area contributed by atoms with Gasteiger partial charge in [-0.2, -0.15) is 0 Å². The highest BCUT2D eigenvalue weighted by molar-refractivity contribution is 4.74. The first kappa shape index (κ1) is 9.05. The Balaban J connectivity index is 2.19. The molecule has 0 aromatic carbocycles. The average molecular weight is 155 g/mol. The van der Waals surface area contributed by atoms with E-state index in [9.17, 15) is 0 Å². The van der Waals surface area contributed by atoms with Gasteiger partial charge in [-0.3, -0.25) is 0 Å². The van der Waals surface area contributed by atoms with Gasteiger partial charge in [0.15, 0.2) is 0 Å². The third-order valence-corrected chi connectivity index (χ3v) is 2.57. The van der Waals surface area contributed by atoms with Crippen LogP contribution in [0.1, 0.15) is 33.6 Å². The molecule has 1 aliphatic heterocycles. The average Bonchev–Trinajstić information content (AvgIpc) is 2.34. The third-order valence-electron chi connectivity index (χ3n) is 2.57. The fourth-order valence-corrected chi connectivity index (χ4v) is 1.93. The summed E-state index contributed by atoms with van der Waals surface area (Å²) in [4.78, 5) is 2.61. The van der Waals surface area contributed by atoms with E-state index < -0.39 is 0 Å². The Hall–Kier alpha value is -0.0400. The fourth-order valence-electron chi connectivity index (χ4n) is 1.93. The van der Waals surface area contributed by atoms with Gasteiger partial charge in [-0.1, -0.05) is 27.2 Å². The summed E-state index contributed by atoms with van der Waals surface area (Å²) in [6.45, 7) is 10.9. The lowest BCUT2D eigenvalue weighted by atomic mass is 10.1. The Morgan fingerprint density at radius 1 is 1.45 bits per heavy atom. The fraction of sp³-hybridized carbons (Fsp3) is 1.00. The molecule has 0 radical (unpaired) electrons. The number of nitrogens with zero attached hydrogens (tertiary/aromatic N) is 1. The predicted molar refractivity (Wildman–Crippen MR) is 49.7 cm³/mol. The van der Waals surface area contributed by atoms with Gasteiger partial charge in [0.1, 0.15) is 0 Å². The SMILES string of the molecule is CCC1CCN(CC(C)C)C1. The van der Waals surface area contributed by atoms with Crippen molar-refractivity contribution in [2.45, 2.75) is 33.6 Å². The molecule has 1 nitrogen and oxygen atoms in total. The Bertz CT molecular complexity index is 109. The van der Waals surface area contributed by atoms with E-state index >= 15 is 0 Å². The Morgan fingerprint density at radius 2 is 2.18 bits per heavy atom. The van der Waals surface area contributed by atoms with Crippen LogP contribution < -0.4 is 0 Å². The number of hydrogen-bond acceptors (Lipinski definition) is 1. The van der Waals surface area contributed by atoms with Crippen molar-refractivity contribution in [2.75, 3.05) is 19.6 Å². The van der Waals surface area contributed by atoms with Crippen LogP contribution in [0.25, 0.3) is 0 Å². The smallest absolute Gasteiger partial charge is 0.00101 e. The van der Waals surface area contributed by atoms with E-state index in [1.165, 1.54) is 32.5 Å². The summed E-state index contributed by atoms with van der Waals surface area (Å²) >= 11 is 0. The van der Waals surface area contributed by atoms with Gasteiger partial charge in [0.25, 0.3) is 0 Å². The van der Waals surface area contributed by atoms with Gasteiger partial charge in [0.2, 0.25) is 0 Å². The zero-order chi connectivity index (χ0) is 8.27. The second-order valence-corrected chi connectivity index (χ2v) is 4.22. The largest absolute Gasteiger partial charge is 0.303 e. The molecule has 1 rings (SSSR count). The predicted octanol–water partition coefficient (Wildman–Crippen LogP) is 2.37. The quantitative estimate of drug-likeness (QED) is 0.605. The highest BCUT2D eigenvalue weighted by Crippen LogP contribution is 2.19. The van der Waals surface area contributed by atoms with Crippen molar-refractivity contribution in [3.8, 4) is 0 Å².